The van der Waals surface area contributed by atoms with Crippen LogP contribution in [0.15, 0.2) is 29.5 Å². The van der Waals surface area contributed by atoms with Gasteiger partial charge in [0.2, 0.25) is 5.60 Å². The van der Waals surface area contributed by atoms with Crippen LogP contribution in [0.2, 0.25) is 0 Å². The first-order valence-electron chi connectivity index (χ1n) is 13.5. The van der Waals surface area contributed by atoms with E-state index in [1.165, 1.54) is 13.0 Å². The average Bonchev–Trinajstić information content (AvgIpc) is 3.46. The number of nitrogens with one attached hydrogen (secondary N) is 1. The molecule has 5 unspecified atom stereocenters. The lowest BCUT2D eigenvalue weighted by atomic mass is 9.55. The first-order chi connectivity index (χ1) is 18.2. The maximum atomic E-state index is 13.3. The van der Waals surface area contributed by atoms with Gasteiger partial charge < -0.3 is 40.2 Å². The van der Waals surface area contributed by atoms with Gasteiger partial charge in [-0.25, -0.2) is 4.79 Å². The van der Waals surface area contributed by atoms with Crippen LogP contribution >= 0.6 is 0 Å². The first kappa shape index (κ1) is 27.8. The molecular weight excluding hydrogens is 508 g/mol. The van der Waals surface area contributed by atoms with E-state index in [1.807, 2.05) is 13.8 Å². The van der Waals surface area contributed by atoms with Crippen molar-refractivity contribution in [3.8, 4) is 0 Å². The first-order valence-corrected chi connectivity index (χ1v) is 13.5. The Balaban J connectivity index is 1.79. The number of esters is 3. The van der Waals surface area contributed by atoms with Gasteiger partial charge in [0.05, 0.1) is 12.8 Å². The largest absolute Gasteiger partial charge is 0.457 e. The molecule has 0 amide bonds. The van der Waals surface area contributed by atoms with Gasteiger partial charge in [0.15, 0.2) is 23.4 Å². The molecule has 39 heavy (non-hydrogen) atoms. The molecule has 5 rings (SSSR count). The number of aliphatic hydroxyl groups is 3. The topological polar surface area (TPSA) is 181 Å². The second kappa shape index (κ2) is 8.63. The maximum Gasteiger partial charge on any atom is 0.355 e. The number of carbonyl (C=O) groups is 3. The van der Waals surface area contributed by atoms with Gasteiger partial charge in [0, 0.05) is 18.2 Å². The van der Waals surface area contributed by atoms with Gasteiger partial charge in [0.25, 0.3) is 0 Å². The number of rotatable bonds is 6. The molecule has 0 aromatic carbocycles. The molecule has 0 radical (unpaired) electrons. The van der Waals surface area contributed by atoms with Crippen molar-refractivity contribution in [2.75, 3.05) is 6.54 Å². The molecule has 11 heteroatoms. The summed E-state index contributed by atoms with van der Waals surface area (Å²) in [7, 11) is 0. The zero-order valence-electron chi connectivity index (χ0n) is 22.9. The van der Waals surface area contributed by atoms with Crippen molar-refractivity contribution >= 4 is 17.9 Å². The third-order valence-corrected chi connectivity index (χ3v) is 10.0. The summed E-state index contributed by atoms with van der Waals surface area (Å²) in [6, 6.07) is 3.14. The fourth-order valence-electron chi connectivity index (χ4n) is 8.30. The number of hydrogen-bond donors (Lipinski definition) is 5. The lowest BCUT2D eigenvalue weighted by Gasteiger charge is -2.60. The van der Waals surface area contributed by atoms with Gasteiger partial charge in [-0.3, -0.25) is 9.59 Å². The van der Waals surface area contributed by atoms with Crippen LogP contribution in [-0.2, 0) is 23.8 Å². The molecule has 2 heterocycles. The summed E-state index contributed by atoms with van der Waals surface area (Å²) in [5.41, 5.74) is -4.64. The highest BCUT2D eigenvalue weighted by atomic mass is 16.6. The Morgan fingerprint density at radius 2 is 1.95 bits per heavy atom. The number of aromatic amines is 1. The maximum absolute atomic E-state index is 13.3. The Bertz CT molecular complexity index is 1240. The van der Waals surface area contributed by atoms with Crippen LogP contribution in [-0.4, -0.2) is 79.4 Å². The van der Waals surface area contributed by atoms with Gasteiger partial charge in [-0.15, -0.1) is 0 Å². The number of hydrogen-bond acceptors (Lipinski definition) is 10. The van der Waals surface area contributed by atoms with Crippen molar-refractivity contribution in [1.29, 1.82) is 0 Å². The van der Waals surface area contributed by atoms with Gasteiger partial charge in [-0.05, 0) is 54.9 Å². The molecule has 1 saturated heterocycles. The predicted molar refractivity (Wildman–Crippen MR) is 136 cm³/mol. The molecular formula is C28H38N2O9. The summed E-state index contributed by atoms with van der Waals surface area (Å²) in [4.78, 5) is 42.1. The fraction of sp³-hybridized carbons (Fsp3) is 0.679. The van der Waals surface area contributed by atoms with Crippen molar-refractivity contribution in [2.24, 2.45) is 23.0 Å². The second-order valence-electron chi connectivity index (χ2n) is 12.1. The van der Waals surface area contributed by atoms with Crippen LogP contribution in [0.1, 0.15) is 70.8 Å². The molecule has 214 valence electrons. The average molecular weight is 547 g/mol. The Labute approximate surface area is 226 Å². The van der Waals surface area contributed by atoms with E-state index in [2.05, 4.69) is 4.98 Å². The van der Waals surface area contributed by atoms with E-state index in [0.717, 1.165) is 0 Å². The molecule has 1 aliphatic heterocycles. The molecule has 11 nitrogen and oxygen atoms in total. The fourth-order valence-corrected chi connectivity index (χ4v) is 8.30. The van der Waals surface area contributed by atoms with Crippen LogP contribution in [0, 0.1) is 17.3 Å². The SMILES string of the molecule is CC1=C(C(C)C)[C@@H](OC(=O)c2ccc[nH]2)C2(O)C1(O)C13OC(=O)C[C@@]2(C)C1(O)CCC(C)[C@H]3OC(=O)CCN. The summed E-state index contributed by atoms with van der Waals surface area (Å²) < 4.78 is 17.9. The molecule has 8 atom stereocenters. The van der Waals surface area contributed by atoms with Crippen molar-refractivity contribution in [3.63, 3.8) is 0 Å². The molecule has 3 aliphatic carbocycles. The molecule has 4 aliphatic rings. The predicted octanol–water partition coefficient (Wildman–Crippen LogP) is 1.12. The number of nitrogens with two attached hydrogens (primary N) is 1. The summed E-state index contributed by atoms with van der Waals surface area (Å²) in [6.45, 7) is 8.54. The smallest absolute Gasteiger partial charge is 0.355 e. The van der Waals surface area contributed by atoms with Crippen molar-refractivity contribution in [1.82, 2.24) is 4.98 Å². The van der Waals surface area contributed by atoms with E-state index in [0.29, 0.717) is 12.0 Å². The van der Waals surface area contributed by atoms with Crippen LogP contribution in [0.5, 0.6) is 0 Å². The van der Waals surface area contributed by atoms with E-state index in [-0.39, 0.29) is 36.6 Å². The van der Waals surface area contributed by atoms with Crippen LogP contribution < -0.4 is 5.73 Å². The van der Waals surface area contributed by atoms with Gasteiger partial charge >= 0.3 is 17.9 Å². The normalized spacial score (nSPS) is 42.7. The van der Waals surface area contributed by atoms with Crippen molar-refractivity contribution in [2.45, 2.75) is 94.9 Å². The van der Waals surface area contributed by atoms with Crippen molar-refractivity contribution < 1.29 is 43.9 Å². The molecule has 0 spiro atoms. The number of carbonyl (C=O) groups excluding carboxylic acids is 3. The quantitative estimate of drug-likeness (QED) is 0.197. The monoisotopic (exact) mass is 546 g/mol. The van der Waals surface area contributed by atoms with E-state index in [1.54, 1.807) is 26.1 Å². The minimum atomic E-state index is -2.47. The van der Waals surface area contributed by atoms with Crippen LogP contribution in [0.4, 0.5) is 0 Å². The lowest BCUT2D eigenvalue weighted by Crippen LogP contribution is -2.78. The van der Waals surface area contributed by atoms with Crippen molar-refractivity contribution in [3.05, 3.63) is 35.2 Å². The number of H-pyrrole nitrogens is 1. The highest BCUT2D eigenvalue weighted by Gasteiger charge is 2.97. The van der Waals surface area contributed by atoms with Gasteiger partial charge in [-0.1, -0.05) is 27.7 Å². The Hall–Kier alpha value is -2.73. The highest BCUT2D eigenvalue weighted by Crippen LogP contribution is 2.77. The third-order valence-electron chi connectivity index (χ3n) is 10.0. The Morgan fingerprint density at radius 3 is 2.54 bits per heavy atom. The summed E-state index contributed by atoms with van der Waals surface area (Å²) >= 11 is 0. The van der Waals surface area contributed by atoms with Gasteiger partial charge in [0.1, 0.15) is 11.3 Å². The zero-order chi connectivity index (χ0) is 28.8. The van der Waals surface area contributed by atoms with Crippen LogP contribution in [0.25, 0.3) is 0 Å². The lowest BCUT2D eigenvalue weighted by molar-refractivity contribution is -0.309. The molecule has 2 bridgehead atoms. The van der Waals surface area contributed by atoms with Crippen LogP contribution in [0.3, 0.4) is 0 Å². The number of aromatic nitrogens is 1. The molecule has 1 aromatic rings. The van der Waals surface area contributed by atoms with E-state index in [4.69, 9.17) is 19.9 Å². The zero-order valence-corrected chi connectivity index (χ0v) is 22.9. The summed E-state index contributed by atoms with van der Waals surface area (Å²) in [5, 5.41) is 38.5. The second-order valence-corrected chi connectivity index (χ2v) is 12.1. The third kappa shape index (κ3) is 2.99. The minimum absolute atomic E-state index is 0.0100. The number of ether oxygens (including phenoxy) is 3. The Kier molecular flexibility index (Phi) is 6.16. The molecule has 3 fully saturated rings. The summed E-state index contributed by atoms with van der Waals surface area (Å²) in [5.74, 6) is -3.04. The standard InChI is InChI=1S/C28H38N2O9/c1-14(2)20-16(4)26(35)27(36,22(20)38-23(33)17-7-6-12-30-17)24(5)13-19(32)39-28(26)21(37-18(31)9-11-29)15(3)8-10-25(24,28)34/h6-7,12,14-15,21-22,30,34-36H,8-11,13,29H2,1-5H3/t15?,21-,22-,24+,25?,26?,27?,28?/m1/s1. The number of fused-ring (bicyclic) bond motifs is 2. The Morgan fingerprint density at radius 1 is 1.26 bits per heavy atom. The molecule has 2 saturated carbocycles. The molecule has 1 aromatic heterocycles. The highest BCUT2D eigenvalue weighted by molar-refractivity contribution is 5.88. The minimum Gasteiger partial charge on any atom is -0.457 e. The van der Waals surface area contributed by atoms with E-state index >= 15 is 0 Å². The molecule has 6 N–H and O–H groups in total. The summed E-state index contributed by atoms with van der Waals surface area (Å²) in [6.07, 6.45) is -1.42. The van der Waals surface area contributed by atoms with E-state index < -0.39 is 70.3 Å². The van der Waals surface area contributed by atoms with Gasteiger partial charge in [-0.2, -0.15) is 0 Å². The van der Waals surface area contributed by atoms with E-state index in [9.17, 15) is 29.7 Å².